The van der Waals surface area contributed by atoms with Gasteiger partial charge in [-0.05, 0) is 64.5 Å². The molecule has 1 amide bonds. The minimum atomic E-state index is -1.36. The van der Waals surface area contributed by atoms with Gasteiger partial charge in [0.05, 0.1) is 23.8 Å². The molecule has 0 unspecified atom stereocenters. The summed E-state index contributed by atoms with van der Waals surface area (Å²) in [6.45, 7) is 5.08. The maximum atomic E-state index is 13.8. The van der Waals surface area contributed by atoms with E-state index >= 15 is 0 Å². The third-order valence-corrected chi connectivity index (χ3v) is 6.23. The molecular weight excluding hydrogens is 435 g/mol. The van der Waals surface area contributed by atoms with E-state index in [1.807, 2.05) is 24.5 Å². The number of hydrogen-bond acceptors (Lipinski definition) is 6. The van der Waals surface area contributed by atoms with E-state index in [1.165, 1.54) is 13.8 Å². The van der Waals surface area contributed by atoms with E-state index in [0.717, 1.165) is 48.0 Å². The lowest BCUT2D eigenvalue weighted by Gasteiger charge is -2.29. The van der Waals surface area contributed by atoms with Crippen molar-refractivity contribution in [3.05, 3.63) is 42.5 Å². The lowest BCUT2D eigenvalue weighted by atomic mass is 10.0. The average Bonchev–Trinajstić information content (AvgIpc) is 3.42. The maximum Gasteiger partial charge on any atom is 0.255 e. The van der Waals surface area contributed by atoms with Crippen molar-refractivity contribution in [2.45, 2.75) is 38.4 Å². The molecule has 5 heterocycles. The molecule has 4 aromatic heterocycles. The number of carbonyl (C=O) groups is 1. The fourth-order valence-corrected chi connectivity index (χ4v) is 4.26. The Balaban J connectivity index is 1.40. The summed E-state index contributed by atoms with van der Waals surface area (Å²) in [5, 5.41) is 11.3. The van der Waals surface area contributed by atoms with Crippen molar-refractivity contribution >= 4 is 28.4 Å². The molecule has 1 aliphatic rings. The number of halogens is 1. The number of pyridine rings is 1. The van der Waals surface area contributed by atoms with Crippen LogP contribution in [-0.2, 0) is 0 Å². The Kier molecular flexibility index (Phi) is 5.68. The number of aromatic nitrogens is 5. The van der Waals surface area contributed by atoms with Crippen LogP contribution in [0.2, 0.25) is 0 Å². The summed E-state index contributed by atoms with van der Waals surface area (Å²) in [6, 6.07) is 4.08. The fraction of sp³-hybridized carbons (Fsp3) is 0.417. The van der Waals surface area contributed by atoms with Crippen LogP contribution in [0.25, 0.3) is 27.7 Å². The Morgan fingerprint density at radius 2 is 2.09 bits per heavy atom. The van der Waals surface area contributed by atoms with Gasteiger partial charge in [-0.1, -0.05) is 0 Å². The zero-order valence-corrected chi connectivity index (χ0v) is 19.6. The van der Waals surface area contributed by atoms with Gasteiger partial charge in [-0.2, -0.15) is 10.1 Å². The first-order valence-corrected chi connectivity index (χ1v) is 11.5. The van der Waals surface area contributed by atoms with Crippen LogP contribution in [0.5, 0.6) is 0 Å². The summed E-state index contributed by atoms with van der Waals surface area (Å²) >= 11 is 0. The van der Waals surface area contributed by atoms with E-state index in [1.54, 1.807) is 16.9 Å². The van der Waals surface area contributed by atoms with Gasteiger partial charge in [-0.25, -0.2) is 13.9 Å². The zero-order valence-electron chi connectivity index (χ0n) is 19.6. The number of aromatic amines is 1. The second kappa shape index (κ2) is 8.68. The molecule has 0 radical (unpaired) electrons. The zero-order chi connectivity index (χ0) is 23.9. The Morgan fingerprint density at radius 3 is 2.85 bits per heavy atom. The molecule has 0 aromatic carbocycles. The standard InChI is InChI=1S/C24H29FN8O/c1-24(2,25)14-28-23-27-12-18-17(11-26-21(18)31-23)15-4-9-33-20(10-15)19(13-29-33)22(34)30-16-5-7-32(3)8-6-16/h4,9-13,16H,5-8,14H2,1-3H3,(H,30,34)(H2,26,27,28,31). The minimum absolute atomic E-state index is 0.101. The highest BCUT2D eigenvalue weighted by atomic mass is 19.1. The van der Waals surface area contributed by atoms with Crippen molar-refractivity contribution in [1.29, 1.82) is 0 Å². The van der Waals surface area contributed by atoms with Crippen molar-refractivity contribution in [1.82, 2.24) is 34.8 Å². The third kappa shape index (κ3) is 4.58. The number of anilines is 1. The lowest BCUT2D eigenvalue weighted by Crippen LogP contribution is -2.43. The average molecular weight is 465 g/mol. The highest BCUT2D eigenvalue weighted by Gasteiger charge is 2.22. The molecule has 0 saturated carbocycles. The maximum absolute atomic E-state index is 13.8. The SMILES string of the molecule is CN1CCC(NC(=O)c2cnn3ccc(-c4c[nH]c5nc(NCC(C)(C)F)ncc45)cc23)CC1. The fourth-order valence-electron chi connectivity index (χ4n) is 4.26. The number of fused-ring (bicyclic) bond motifs is 2. The normalized spacial score (nSPS) is 15.8. The Bertz CT molecular complexity index is 1330. The predicted octanol–water partition coefficient (Wildman–Crippen LogP) is 3.26. The molecule has 0 atom stereocenters. The molecule has 10 heteroatoms. The molecule has 34 heavy (non-hydrogen) atoms. The number of amides is 1. The van der Waals surface area contributed by atoms with Crippen LogP contribution in [0.3, 0.4) is 0 Å². The molecule has 3 N–H and O–H groups in total. The number of H-pyrrole nitrogens is 1. The highest BCUT2D eigenvalue weighted by Crippen LogP contribution is 2.29. The second-order valence-corrected chi connectivity index (χ2v) is 9.58. The minimum Gasteiger partial charge on any atom is -0.351 e. The number of hydrogen-bond donors (Lipinski definition) is 3. The van der Waals surface area contributed by atoms with Crippen molar-refractivity contribution in [2.75, 3.05) is 32.0 Å². The Hall–Kier alpha value is -3.53. The van der Waals surface area contributed by atoms with Crippen LogP contribution >= 0.6 is 0 Å². The van der Waals surface area contributed by atoms with Crippen molar-refractivity contribution < 1.29 is 9.18 Å². The van der Waals surface area contributed by atoms with E-state index in [2.05, 4.69) is 42.6 Å². The van der Waals surface area contributed by atoms with Gasteiger partial charge < -0.3 is 20.5 Å². The summed E-state index contributed by atoms with van der Waals surface area (Å²) < 4.78 is 15.5. The quantitative estimate of drug-likeness (QED) is 0.405. The number of piperidine rings is 1. The molecular formula is C24H29FN8O. The van der Waals surface area contributed by atoms with E-state index in [4.69, 9.17) is 0 Å². The summed E-state index contributed by atoms with van der Waals surface area (Å²) in [4.78, 5) is 27.3. The second-order valence-electron chi connectivity index (χ2n) is 9.58. The third-order valence-electron chi connectivity index (χ3n) is 6.23. The van der Waals surface area contributed by atoms with Gasteiger partial charge in [0.15, 0.2) is 0 Å². The monoisotopic (exact) mass is 464 g/mol. The van der Waals surface area contributed by atoms with E-state index in [0.29, 0.717) is 17.2 Å². The highest BCUT2D eigenvalue weighted by molar-refractivity contribution is 6.02. The molecule has 178 valence electrons. The molecule has 0 bridgehead atoms. The van der Waals surface area contributed by atoms with Crippen LogP contribution in [0.15, 0.2) is 36.9 Å². The summed E-state index contributed by atoms with van der Waals surface area (Å²) in [6.07, 6.45) is 8.93. The van der Waals surface area contributed by atoms with Gasteiger partial charge in [0, 0.05) is 35.6 Å². The molecule has 5 rings (SSSR count). The van der Waals surface area contributed by atoms with Gasteiger partial charge in [0.1, 0.15) is 11.3 Å². The number of carbonyl (C=O) groups excluding carboxylic acids is 1. The topological polar surface area (TPSA) is 103 Å². The van der Waals surface area contributed by atoms with Crippen molar-refractivity contribution in [3.8, 4) is 11.1 Å². The molecule has 0 aliphatic carbocycles. The van der Waals surface area contributed by atoms with Gasteiger partial charge in [0.2, 0.25) is 5.95 Å². The molecule has 0 spiro atoms. The van der Waals surface area contributed by atoms with Gasteiger partial charge >= 0.3 is 0 Å². The van der Waals surface area contributed by atoms with Crippen LogP contribution in [-0.4, -0.2) is 73.8 Å². The first-order valence-electron chi connectivity index (χ1n) is 11.5. The van der Waals surface area contributed by atoms with Gasteiger partial charge in [0.25, 0.3) is 5.91 Å². The van der Waals surface area contributed by atoms with E-state index in [-0.39, 0.29) is 18.5 Å². The number of rotatable bonds is 6. The number of nitrogens with one attached hydrogen (secondary N) is 3. The molecule has 1 saturated heterocycles. The van der Waals surface area contributed by atoms with Gasteiger partial charge in [-0.3, -0.25) is 4.79 Å². The molecule has 9 nitrogen and oxygen atoms in total. The smallest absolute Gasteiger partial charge is 0.255 e. The van der Waals surface area contributed by atoms with Crippen molar-refractivity contribution in [2.24, 2.45) is 0 Å². The largest absolute Gasteiger partial charge is 0.351 e. The molecule has 4 aromatic rings. The lowest BCUT2D eigenvalue weighted by molar-refractivity contribution is 0.0918. The Morgan fingerprint density at radius 1 is 1.29 bits per heavy atom. The number of nitrogens with zero attached hydrogens (tertiary/aromatic N) is 5. The first-order chi connectivity index (χ1) is 16.3. The Labute approximate surface area is 196 Å². The predicted molar refractivity (Wildman–Crippen MR) is 130 cm³/mol. The molecule has 1 aliphatic heterocycles. The first kappa shape index (κ1) is 22.3. The van der Waals surface area contributed by atoms with Crippen LogP contribution in [0, 0.1) is 0 Å². The number of likely N-dealkylation sites (tertiary alicyclic amines) is 1. The number of alkyl halides is 1. The van der Waals surface area contributed by atoms with E-state index < -0.39 is 5.67 Å². The summed E-state index contributed by atoms with van der Waals surface area (Å²) in [7, 11) is 2.10. The van der Waals surface area contributed by atoms with Crippen molar-refractivity contribution in [3.63, 3.8) is 0 Å². The van der Waals surface area contributed by atoms with Crippen LogP contribution in [0.1, 0.15) is 37.0 Å². The summed E-state index contributed by atoms with van der Waals surface area (Å²) in [5.74, 6) is 0.265. The van der Waals surface area contributed by atoms with Crippen LogP contribution in [0.4, 0.5) is 10.3 Å². The summed E-state index contributed by atoms with van der Waals surface area (Å²) in [5.41, 5.74) is 2.41. The van der Waals surface area contributed by atoms with E-state index in [9.17, 15) is 9.18 Å². The van der Waals surface area contributed by atoms with Gasteiger partial charge in [-0.15, -0.1) is 0 Å². The van der Waals surface area contributed by atoms with Crippen LogP contribution < -0.4 is 10.6 Å². The molecule has 1 fully saturated rings.